The third-order valence-electron chi connectivity index (χ3n) is 9.00. The average molecular weight is 611 g/mol. The lowest BCUT2D eigenvalue weighted by molar-refractivity contribution is -0.119. The first kappa shape index (κ1) is 32.1. The largest absolute Gasteiger partial charge is 0.493 e. The first-order chi connectivity index (χ1) is 21.6. The van der Waals surface area contributed by atoms with Crippen LogP contribution in [0.3, 0.4) is 0 Å². The van der Waals surface area contributed by atoms with E-state index in [2.05, 4.69) is 57.3 Å². The first-order valence-electron chi connectivity index (χ1n) is 16.0. The van der Waals surface area contributed by atoms with Gasteiger partial charge in [-0.15, -0.1) is 0 Å². The summed E-state index contributed by atoms with van der Waals surface area (Å²) in [7, 11) is 4.71. The van der Waals surface area contributed by atoms with Crippen molar-refractivity contribution < 1.29 is 23.8 Å². The number of methoxy groups -OCH3 is 3. The molecule has 3 aromatic rings. The quantitative estimate of drug-likeness (QED) is 0.245. The normalized spacial score (nSPS) is 18.0. The molecule has 1 heterocycles. The zero-order valence-corrected chi connectivity index (χ0v) is 27.7. The van der Waals surface area contributed by atoms with E-state index in [1.807, 2.05) is 41.3 Å². The molecule has 1 N–H and O–H groups in total. The molecule has 1 aliphatic heterocycles. The lowest BCUT2D eigenvalue weighted by Gasteiger charge is -2.35. The van der Waals surface area contributed by atoms with Gasteiger partial charge >= 0.3 is 0 Å². The van der Waals surface area contributed by atoms with E-state index in [1.54, 1.807) is 21.3 Å². The molecule has 0 radical (unpaired) electrons. The summed E-state index contributed by atoms with van der Waals surface area (Å²) >= 11 is 0. The molecule has 0 bridgehead atoms. The molecule has 5 rings (SSSR count). The minimum atomic E-state index is -0.685. The van der Waals surface area contributed by atoms with Crippen molar-refractivity contribution in [2.45, 2.75) is 83.6 Å². The van der Waals surface area contributed by atoms with Gasteiger partial charge < -0.3 is 19.5 Å². The Hall–Kier alpha value is -4.26. The zero-order chi connectivity index (χ0) is 32.3. The molecular weight excluding hydrogens is 564 g/mol. The van der Waals surface area contributed by atoms with Crippen LogP contribution >= 0.6 is 0 Å². The fraction of sp³-hybridized carbons (Fsp3) is 0.421. The Morgan fingerprint density at radius 1 is 0.889 bits per heavy atom. The molecule has 0 fully saturated rings. The average Bonchev–Trinajstić information content (AvgIpc) is 3.18. The van der Waals surface area contributed by atoms with Crippen LogP contribution in [0.1, 0.15) is 94.9 Å². The summed E-state index contributed by atoms with van der Waals surface area (Å²) in [6.07, 6.45) is 4.11. The van der Waals surface area contributed by atoms with Gasteiger partial charge in [-0.1, -0.05) is 76.9 Å². The number of ether oxygens (including phenoxy) is 3. The number of fused-ring (bicyclic) bond motifs is 1. The highest BCUT2D eigenvalue weighted by atomic mass is 16.5. The van der Waals surface area contributed by atoms with Crippen molar-refractivity contribution in [2.75, 3.05) is 31.5 Å². The molecule has 238 valence electrons. The van der Waals surface area contributed by atoms with Crippen LogP contribution in [0.5, 0.6) is 17.2 Å². The molecule has 45 heavy (non-hydrogen) atoms. The summed E-state index contributed by atoms with van der Waals surface area (Å²) in [4.78, 5) is 30.5. The summed E-state index contributed by atoms with van der Waals surface area (Å²) in [6.45, 7) is 8.73. The zero-order valence-electron chi connectivity index (χ0n) is 27.7. The van der Waals surface area contributed by atoms with E-state index in [1.165, 1.54) is 5.56 Å². The van der Waals surface area contributed by atoms with Crippen LogP contribution in [0.2, 0.25) is 0 Å². The maximum Gasteiger partial charge on any atom is 0.227 e. The van der Waals surface area contributed by atoms with Crippen molar-refractivity contribution in [3.05, 3.63) is 88.6 Å². The summed E-state index contributed by atoms with van der Waals surface area (Å²) in [5.41, 5.74) is 6.16. The fourth-order valence-corrected chi connectivity index (χ4v) is 6.58. The summed E-state index contributed by atoms with van der Waals surface area (Å²) in [5.74, 6) is 1.40. The van der Waals surface area contributed by atoms with Crippen molar-refractivity contribution in [1.29, 1.82) is 0 Å². The molecule has 2 aliphatic rings. The number of amides is 1. The van der Waals surface area contributed by atoms with Crippen LogP contribution in [0, 0.1) is 0 Å². The number of Topliss-reactive ketones (excluding diaryl/α,β-unsaturated/α-hetero) is 1. The van der Waals surface area contributed by atoms with Crippen LogP contribution in [0.25, 0.3) is 0 Å². The van der Waals surface area contributed by atoms with Crippen LogP contribution in [0.15, 0.2) is 71.9 Å². The smallest absolute Gasteiger partial charge is 0.227 e. The number of nitrogens with one attached hydrogen (secondary N) is 1. The minimum absolute atomic E-state index is 0.0114. The van der Waals surface area contributed by atoms with Crippen LogP contribution in [-0.2, 0) is 15.0 Å². The van der Waals surface area contributed by atoms with Gasteiger partial charge in [0.15, 0.2) is 17.3 Å². The number of ketones is 1. The van der Waals surface area contributed by atoms with Crippen molar-refractivity contribution >= 4 is 23.1 Å². The maximum atomic E-state index is 14.5. The highest BCUT2D eigenvalue weighted by molar-refractivity contribution is 6.06. The lowest BCUT2D eigenvalue weighted by atomic mass is 9.77. The summed E-state index contributed by atoms with van der Waals surface area (Å²) < 4.78 is 17.1. The Morgan fingerprint density at radius 3 is 2.16 bits per heavy atom. The van der Waals surface area contributed by atoms with Crippen LogP contribution < -0.4 is 24.4 Å². The second-order valence-corrected chi connectivity index (χ2v) is 13.0. The summed E-state index contributed by atoms with van der Waals surface area (Å²) in [5, 5.41) is 3.64. The van der Waals surface area contributed by atoms with E-state index in [4.69, 9.17) is 14.2 Å². The minimum Gasteiger partial charge on any atom is -0.493 e. The van der Waals surface area contributed by atoms with Crippen LogP contribution in [0.4, 0.5) is 11.4 Å². The Labute approximate surface area is 267 Å². The molecular formula is C38H46N2O5. The van der Waals surface area contributed by atoms with Gasteiger partial charge in [-0.25, -0.2) is 0 Å². The standard InChI is InChI=1S/C38H46N2O5/c1-8-9-10-15-34(42)40-30-14-12-11-13-28(30)39-29-20-25(24-16-18-27(19-17-24)38(2,3)4)21-31(41)35(29)36(40)26-22-32(43-5)37(45-7)33(23-26)44-6/h11-14,16-19,22-23,25,36,39H,8-10,15,20-21H2,1-7H3/t25-,36-/m0/s1. The molecule has 1 aliphatic carbocycles. The second kappa shape index (κ2) is 13.4. The van der Waals surface area contributed by atoms with Crippen LogP contribution in [-0.4, -0.2) is 33.0 Å². The number of unbranched alkanes of at least 4 members (excludes halogenated alkanes) is 2. The Bertz CT molecular complexity index is 1560. The van der Waals surface area contributed by atoms with E-state index in [0.717, 1.165) is 47.5 Å². The molecule has 7 heteroatoms. The number of benzene rings is 3. The number of nitrogens with zero attached hydrogens (tertiary/aromatic N) is 1. The van der Waals surface area contributed by atoms with Gasteiger partial charge in [-0.3, -0.25) is 14.5 Å². The predicted molar refractivity (Wildman–Crippen MR) is 180 cm³/mol. The molecule has 0 spiro atoms. The van der Waals surface area contributed by atoms with Gasteiger partial charge in [0.1, 0.15) is 0 Å². The van der Waals surface area contributed by atoms with E-state index < -0.39 is 6.04 Å². The topological polar surface area (TPSA) is 77.1 Å². The van der Waals surface area contributed by atoms with E-state index >= 15 is 0 Å². The second-order valence-electron chi connectivity index (χ2n) is 13.0. The maximum absolute atomic E-state index is 14.5. The van der Waals surface area contributed by atoms with E-state index in [0.29, 0.717) is 42.1 Å². The third-order valence-corrected chi connectivity index (χ3v) is 9.00. The molecule has 3 aromatic carbocycles. The summed E-state index contributed by atoms with van der Waals surface area (Å²) in [6, 6.07) is 19.5. The molecule has 2 atom stereocenters. The Balaban J connectivity index is 1.69. The third kappa shape index (κ3) is 6.44. The highest BCUT2D eigenvalue weighted by Crippen LogP contribution is 2.50. The first-order valence-corrected chi connectivity index (χ1v) is 16.0. The van der Waals surface area contributed by atoms with Crippen molar-refractivity contribution in [3.63, 3.8) is 0 Å². The molecule has 7 nitrogen and oxygen atoms in total. The monoisotopic (exact) mass is 610 g/mol. The van der Waals surface area contributed by atoms with Gasteiger partial charge in [-0.05, 0) is 65.1 Å². The van der Waals surface area contributed by atoms with Gasteiger partial charge in [0.25, 0.3) is 0 Å². The predicted octanol–water partition coefficient (Wildman–Crippen LogP) is 8.49. The molecule has 0 unspecified atom stereocenters. The molecule has 0 saturated carbocycles. The fourth-order valence-electron chi connectivity index (χ4n) is 6.58. The highest BCUT2D eigenvalue weighted by Gasteiger charge is 2.42. The van der Waals surface area contributed by atoms with Gasteiger partial charge in [0.05, 0.1) is 38.7 Å². The SMILES string of the molecule is CCCCCC(=O)N1c2ccccc2NC2=C(C(=O)C[C@@H](c3ccc(C(C)(C)C)cc3)C2)[C@@H]1c1cc(OC)c(OC)c(OC)c1. The number of para-hydroxylation sites is 2. The van der Waals surface area contributed by atoms with Gasteiger partial charge in [0, 0.05) is 24.1 Å². The molecule has 0 aromatic heterocycles. The number of carbonyl (C=O) groups excluding carboxylic acids is 2. The van der Waals surface area contributed by atoms with Crippen molar-refractivity contribution in [3.8, 4) is 17.2 Å². The Kier molecular flexibility index (Phi) is 9.56. The van der Waals surface area contributed by atoms with Gasteiger partial charge in [0.2, 0.25) is 11.7 Å². The van der Waals surface area contributed by atoms with E-state index in [9.17, 15) is 9.59 Å². The number of allylic oxidation sites excluding steroid dienone is 1. The van der Waals surface area contributed by atoms with Crippen molar-refractivity contribution in [2.24, 2.45) is 0 Å². The van der Waals surface area contributed by atoms with Gasteiger partial charge in [-0.2, -0.15) is 0 Å². The van der Waals surface area contributed by atoms with Crippen molar-refractivity contribution in [1.82, 2.24) is 0 Å². The number of anilines is 2. The number of hydrogen-bond acceptors (Lipinski definition) is 6. The van der Waals surface area contributed by atoms with E-state index in [-0.39, 0.29) is 23.0 Å². The number of hydrogen-bond donors (Lipinski definition) is 1. The molecule has 1 amide bonds. The number of carbonyl (C=O) groups is 2. The molecule has 0 saturated heterocycles. The lowest BCUT2D eigenvalue weighted by Crippen LogP contribution is -2.38. The number of rotatable bonds is 9. The Morgan fingerprint density at radius 2 is 1.56 bits per heavy atom.